The molecule has 1 heterocycles. The van der Waals surface area contributed by atoms with Crippen molar-refractivity contribution in [2.75, 3.05) is 13.1 Å². The molecule has 3 aromatic carbocycles. The molecule has 1 aliphatic carbocycles. The lowest BCUT2D eigenvalue weighted by atomic mass is 9.78. The van der Waals surface area contributed by atoms with E-state index in [9.17, 15) is 13.6 Å². The van der Waals surface area contributed by atoms with E-state index in [2.05, 4.69) is 10.2 Å². The minimum Gasteiger partial charge on any atom is -0.353 e. The predicted octanol–water partition coefficient (Wildman–Crippen LogP) is 7.53. The van der Waals surface area contributed by atoms with Crippen molar-refractivity contribution < 1.29 is 13.6 Å². The first-order valence-corrected chi connectivity index (χ1v) is 13.6. The zero-order valence-electron chi connectivity index (χ0n) is 20.5. The van der Waals surface area contributed by atoms with Gasteiger partial charge in [0.15, 0.2) is 0 Å². The summed E-state index contributed by atoms with van der Waals surface area (Å²) in [6.07, 6.45) is 5.25. The topological polar surface area (TPSA) is 32.3 Å². The molecule has 2 aliphatic rings. The Labute approximate surface area is 226 Å². The summed E-state index contributed by atoms with van der Waals surface area (Å²) in [5.74, 6) is -2.17. The SMILES string of the molecule is O=C(NC1CCCCC1)[C@@H](c1cc(F)cc(F)c1)C1CN(C(c2ccc(Cl)cc2)c2ccc(Cl)cc2)C1. The lowest BCUT2D eigenvalue weighted by Gasteiger charge is -2.47. The Kier molecular flexibility index (Phi) is 8.13. The van der Waals surface area contributed by atoms with Crippen LogP contribution in [0.25, 0.3) is 0 Å². The van der Waals surface area contributed by atoms with Gasteiger partial charge in [-0.25, -0.2) is 8.78 Å². The number of amides is 1. The van der Waals surface area contributed by atoms with Gasteiger partial charge in [-0.15, -0.1) is 0 Å². The van der Waals surface area contributed by atoms with Crippen LogP contribution in [0.4, 0.5) is 8.78 Å². The largest absolute Gasteiger partial charge is 0.353 e. The maximum absolute atomic E-state index is 14.2. The van der Waals surface area contributed by atoms with Crippen molar-refractivity contribution in [3.63, 3.8) is 0 Å². The molecule has 1 N–H and O–H groups in total. The van der Waals surface area contributed by atoms with E-state index in [4.69, 9.17) is 23.2 Å². The van der Waals surface area contributed by atoms with Crippen LogP contribution in [0, 0.1) is 17.6 Å². The third-order valence-corrected chi connectivity index (χ3v) is 8.13. The van der Waals surface area contributed by atoms with Crippen LogP contribution in [0.15, 0.2) is 66.7 Å². The monoisotopic (exact) mass is 542 g/mol. The summed E-state index contributed by atoms with van der Waals surface area (Å²) in [5, 5.41) is 4.51. The number of nitrogens with one attached hydrogen (secondary N) is 1. The van der Waals surface area contributed by atoms with Crippen LogP contribution >= 0.6 is 23.2 Å². The molecule has 7 heteroatoms. The minimum atomic E-state index is -0.665. The normalized spacial score (nSPS) is 18.0. The summed E-state index contributed by atoms with van der Waals surface area (Å²) in [7, 11) is 0. The van der Waals surface area contributed by atoms with E-state index >= 15 is 0 Å². The standard InChI is InChI=1S/C30H30Cl2F2N2O/c31-23-10-6-19(7-11-23)29(20-8-12-24(32)13-9-20)36-17-22(18-36)28(21-14-25(33)16-26(34)15-21)30(37)35-27-4-2-1-3-5-27/h6-16,22,27-29H,1-5,17-18H2,(H,35,37)/t28-/m0/s1. The van der Waals surface area contributed by atoms with Gasteiger partial charge in [0.25, 0.3) is 0 Å². The smallest absolute Gasteiger partial charge is 0.228 e. The van der Waals surface area contributed by atoms with Gasteiger partial charge < -0.3 is 5.32 Å². The van der Waals surface area contributed by atoms with E-state index in [-0.39, 0.29) is 23.9 Å². The van der Waals surface area contributed by atoms with Crippen LogP contribution in [0.3, 0.4) is 0 Å². The average molecular weight is 543 g/mol. The molecule has 0 aromatic heterocycles. The molecular weight excluding hydrogens is 513 g/mol. The molecule has 0 radical (unpaired) electrons. The number of likely N-dealkylation sites (tertiary alicyclic amines) is 1. The fraction of sp³-hybridized carbons (Fsp3) is 0.367. The number of nitrogens with zero attached hydrogens (tertiary/aromatic N) is 1. The highest BCUT2D eigenvalue weighted by molar-refractivity contribution is 6.30. The van der Waals surface area contributed by atoms with Gasteiger partial charge in [0.2, 0.25) is 5.91 Å². The summed E-state index contributed by atoms with van der Waals surface area (Å²) in [6.45, 7) is 1.22. The molecule has 1 amide bonds. The van der Waals surface area contributed by atoms with Gasteiger partial charge in [0, 0.05) is 41.2 Å². The van der Waals surface area contributed by atoms with Crippen molar-refractivity contribution >= 4 is 29.1 Å². The van der Waals surface area contributed by atoms with Gasteiger partial charge in [-0.3, -0.25) is 9.69 Å². The van der Waals surface area contributed by atoms with E-state index in [1.807, 2.05) is 48.5 Å². The maximum atomic E-state index is 14.2. The fourth-order valence-electron chi connectivity index (χ4n) is 5.81. The fourth-order valence-corrected chi connectivity index (χ4v) is 6.06. The van der Waals surface area contributed by atoms with Crippen LogP contribution in [-0.4, -0.2) is 29.9 Å². The number of halogens is 4. The van der Waals surface area contributed by atoms with Gasteiger partial charge >= 0.3 is 0 Å². The molecule has 3 nitrogen and oxygen atoms in total. The number of rotatable bonds is 7. The van der Waals surface area contributed by atoms with E-state index in [0.717, 1.165) is 42.9 Å². The minimum absolute atomic E-state index is 0.0583. The third kappa shape index (κ3) is 6.17. The first kappa shape index (κ1) is 26.1. The first-order chi connectivity index (χ1) is 17.9. The number of carbonyl (C=O) groups is 1. The number of hydrogen-bond donors (Lipinski definition) is 1. The molecule has 37 heavy (non-hydrogen) atoms. The lowest BCUT2D eigenvalue weighted by Crippen LogP contribution is -2.54. The second-order valence-corrected chi connectivity index (χ2v) is 11.1. The quantitative estimate of drug-likeness (QED) is 0.334. The summed E-state index contributed by atoms with van der Waals surface area (Å²) < 4.78 is 28.4. The highest BCUT2D eigenvalue weighted by atomic mass is 35.5. The Balaban J connectivity index is 1.41. The Bertz CT molecular complexity index is 1160. The molecule has 5 rings (SSSR count). The second-order valence-electron chi connectivity index (χ2n) is 10.2. The Morgan fingerprint density at radius 1 is 0.784 bits per heavy atom. The van der Waals surface area contributed by atoms with Gasteiger partial charge in [-0.2, -0.15) is 0 Å². The van der Waals surface area contributed by atoms with Crippen molar-refractivity contribution in [1.82, 2.24) is 10.2 Å². The van der Waals surface area contributed by atoms with Crippen LogP contribution in [0.5, 0.6) is 0 Å². The van der Waals surface area contributed by atoms with Crippen molar-refractivity contribution in [2.45, 2.75) is 50.1 Å². The van der Waals surface area contributed by atoms with E-state index in [1.165, 1.54) is 18.6 Å². The molecule has 1 saturated carbocycles. The molecule has 0 spiro atoms. The van der Waals surface area contributed by atoms with E-state index < -0.39 is 17.6 Å². The molecule has 1 aliphatic heterocycles. The van der Waals surface area contributed by atoms with Crippen LogP contribution < -0.4 is 5.32 Å². The summed E-state index contributed by atoms with van der Waals surface area (Å²) in [6, 6.07) is 19.0. The zero-order valence-corrected chi connectivity index (χ0v) is 22.0. The Morgan fingerprint density at radius 2 is 1.30 bits per heavy atom. The van der Waals surface area contributed by atoms with Crippen LogP contribution in [0.1, 0.15) is 60.8 Å². The Morgan fingerprint density at radius 3 is 1.81 bits per heavy atom. The molecule has 194 valence electrons. The second kappa shape index (κ2) is 11.5. The van der Waals surface area contributed by atoms with Gasteiger partial charge in [-0.05, 0) is 65.9 Å². The lowest BCUT2D eigenvalue weighted by molar-refractivity contribution is -0.126. The molecule has 1 atom stereocenters. The number of carbonyl (C=O) groups excluding carboxylic acids is 1. The van der Waals surface area contributed by atoms with E-state index in [0.29, 0.717) is 28.7 Å². The van der Waals surface area contributed by atoms with Crippen LogP contribution in [0.2, 0.25) is 10.0 Å². The highest BCUT2D eigenvalue weighted by Crippen LogP contribution is 2.41. The van der Waals surface area contributed by atoms with Crippen molar-refractivity contribution in [3.05, 3.63) is 105 Å². The summed E-state index contributed by atoms with van der Waals surface area (Å²) in [4.78, 5) is 15.8. The average Bonchev–Trinajstić information content (AvgIpc) is 2.84. The maximum Gasteiger partial charge on any atom is 0.228 e. The third-order valence-electron chi connectivity index (χ3n) is 7.62. The summed E-state index contributed by atoms with van der Waals surface area (Å²) >= 11 is 12.3. The van der Waals surface area contributed by atoms with Crippen molar-refractivity contribution in [1.29, 1.82) is 0 Å². The molecule has 2 fully saturated rings. The van der Waals surface area contributed by atoms with Gasteiger partial charge in [-0.1, -0.05) is 66.7 Å². The highest BCUT2D eigenvalue weighted by Gasteiger charge is 2.42. The predicted molar refractivity (Wildman–Crippen MR) is 144 cm³/mol. The molecular formula is C30H30Cl2F2N2O. The first-order valence-electron chi connectivity index (χ1n) is 12.9. The van der Waals surface area contributed by atoms with Crippen LogP contribution in [-0.2, 0) is 4.79 Å². The molecule has 1 saturated heterocycles. The van der Waals surface area contributed by atoms with E-state index in [1.54, 1.807) is 0 Å². The molecule has 3 aromatic rings. The number of benzene rings is 3. The van der Waals surface area contributed by atoms with Crippen molar-refractivity contribution in [3.8, 4) is 0 Å². The number of hydrogen-bond acceptors (Lipinski definition) is 2. The molecule has 0 bridgehead atoms. The zero-order chi connectivity index (χ0) is 25.9. The Hall–Kier alpha value is -2.47. The molecule has 0 unspecified atom stereocenters. The van der Waals surface area contributed by atoms with Gasteiger partial charge in [0.1, 0.15) is 11.6 Å². The van der Waals surface area contributed by atoms with Crippen molar-refractivity contribution in [2.24, 2.45) is 5.92 Å². The summed E-state index contributed by atoms with van der Waals surface area (Å²) in [5.41, 5.74) is 2.54. The van der Waals surface area contributed by atoms with Gasteiger partial charge in [0.05, 0.1) is 12.0 Å².